The third kappa shape index (κ3) is 26.1. The summed E-state index contributed by atoms with van der Waals surface area (Å²) in [5.41, 5.74) is 0. The summed E-state index contributed by atoms with van der Waals surface area (Å²) in [7, 11) is 0. The number of esters is 2. The smallest absolute Gasteiger partial charge is 0.306 e. The van der Waals surface area contributed by atoms with Crippen molar-refractivity contribution < 1.29 is 73.8 Å². The molecule has 0 radical (unpaired) electrons. The first-order valence-corrected chi connectivity index (χ1v) is 24.9. The Morgan fingerprint density at radius 3 is 1.59 bits per heavy atom. The third-order valence-corrected chi connectivity index (χ3v) is 11.5. The van der Waals surface area contributed by atoms with E-state index in [1.54, 1.807) is 0 Å². The first-order valence-electron chi connectivity index (χ1n) is 24.9. The standard InChI is InChI=1S/C51H86O15/c1-3-5-7-9-11-13-15-17-19-21-23-25-27-29-31-33-42(53)61-36-39(64-43(54)34-32-30-28-26-24-22-20-18-16-14-12-10-8-6-4-2)37-62-50-49(60)47(58)45(56)41(66-50)38-63-51-48(59)46(57)44(55)40(35-52)65-51/h5,7,11,13-14,16-20,39-41,44-52,55-60H,3-4,6,8-10,12,15,21-38H2,1-2H3/b7-5+,13-11+,16-14+,19-17+,20-18+/t39-,40-,41-,44+,45+,46?,47?,48?,49?,50-,51-/m1/s1. The van der Waals surface area contributed by atoms with E-state index in [-0.39, 0.29) is 19.4 Å². The Bertz CT molecular complexity index is 1380. The van der Waals surface area contributed by atoms with E-state index in [0.717, 1.165) is 89.9 Å². The van der Waals surface area contributed by atoms with Gasteiger partial charge < -0.3 is 64.2 Å². The molecule has 0 saturated carbocycles. The van der Waals surface area contributed by atoms with Crippen LogP contribution in [0.2, 0.25) is 0 Å². The molecule has 0 spiro atoms. The van der Waals surface area contributed by atoms with Gasteiger partial charge in [-0.1, -0.05) is 132 Å². The van der Waals surface area contributed by atoms with E-state index in [1.807, 2.05) is 0 Å². The van der Waals surface area contributed by atoms with Gasteiger partial charge in [-0.3, -0.25) is 9.59 Å². The third-order valence-electron chi connectivity index (χ3n) is 11.5. The van der Waals surface area contributed by atoms with Crippen LogP contribution in [0.5, 0.6) is 0 Å². The van der Waals surface area contributed by atoms with Gasteiger partial charge in [0.05, 0.1) is 19.8 Å². The summed E-state index contributed by atoms with van der Waals surface area (Å²) in [6, 6.07) is 0. The minimum absolute atomic E-state index is 0.141. The Hall–Kier alpha value is -2.80. The molecule has 2 aliphatic heterocycles. The molecule has 380 valence electrons. The van der Waals surface area contributed by atoms with Crippen LogP contribution in [0, 0.1) is 0 Å². The monoisotopic (exact) mass is 939 g/mol. The van der Waals surface area contributed by atoms with Gasteiger partial charge in [0.25, 0.3) is 0 Å². The van der Waals surface area contributed by atoms with Gasteiger partial charge in [-0.05, 0) is 70.6 Å². The van der Waals surface area contributed by atoms with Crippen molar-refractivity contribution in [2.75, 3.05) is 26.4 Å². The molecule has 0 bridgehead atoms. The van der Waals surface area contributed by atoms with Gasteiger partial charge in [0.1, 0.15) is 55.4 Å². The fourth-order valence-electron chi connectivity index (χ4n) is 7.40. The average molecular weight is 939 g/mol. The van der Waals surface area contributed by atoms with Crippen LogP contribution < -0.4 is 0 Å². The average Bonchev–Trinajstić information content (AvgIpc) is 3.31. The lowest BCUT2D eigenvalue weighted by Crippen LogP contribution is -2.61. The molecule has 15 nitrogen and oxygen atoms in total. The Labute approximate surface area is 394 Å². The number of unbranched alkanes of at least 4 members (excludes halogenated alkanes) is 14. The maximum atomic E-state index is 13.0. The molecule has 2 heterocycles. The summed E-state index contributed by atoms with van der Waals surface area (Å²) in [4.78, 5) is 25.7. The topological polar surface area (TPSA) is 231 Å². The maximum Gasteiger partial charge on any atom is 0.306 e. The van der Waals surface area contributed by atoms with Gasteiger partial charge in [0.2, 0.25) is 0 Å². The van der Waals surface area contributed by atoms with Crippen molar-refractivity contribution in [1.82, 2.24) is 0 Å². The van der Waals surface area contributed by atoms with Crippen LogP contribution in [0.3, 0.4) is 0 Å². The second-order valence-corrected chi connectivity index (χ2v) is 17.3. The second kappa shape index (κ2) is 38.1. The number of hydrogen-bond donors (Lipinski definition) is 7. The molecule has 7 N–H and O–H groups in total. The number of aliphatic hydroxyl groups is 7. The highest BCUT2D eigenvalue weighted by molar-refractivity contribution is 5.70. The Balaban J connectivity index is 1.84. The van der Waals surface area contributed by atoms with Gasteiger partial charge in [-0.2, -0.15) is 0 Å². The minimum atomic E-state index is -1.77. The molecule has 0 aliphatic carbocycles. The van der Waals surface area contributed by atoms with E-state index in [0.29, 0.717) is 12.8 Å². The van der Waals surface area contributed by atoms with Crippen LogP contribution in [-0.4, -0.2) is 142 Å². The molecule has 11 atom stereocenters. The predicted octanol–water partition coefficient (Wildman–Crippen LogP) is 6.49. The molecule has 0 amide bonds. The van der Waals surface area contributed by atoms with Gasteiger partial charge in [-0.25, -0.2) is 0 Å². The fourth-order valence-corrected chi connectivity index (χ4v) is 7.40. The van der Waals surface area contributed by atoms with Crippen molar-refractivity contribution in [1.29, 1.82) is 0 Å². The van der Waals surface area contributed by atoms with Crippen molar-refractivity contribution in [2.45, 2.75) is 223 Å². The maximum absolute atomic E-state index is 13.0. The molecule has 2 saturated heterocycles. The molecule has 0 aromatic carbocycles. The number of hydrogen-bond acceptors (Lipinski definition) is 15. The Morgan fingerprint density at radius 2 is 1.00 bits per heavy atom. The van der Waals surface area contributed by atoms with E-state index >= 15 is 0 Å². The zero-order chi connectivity index (χ0) is 48.2. The predicted molar refractivity (Wildman–Crippen MR) is 252 cm³/mol. The number of carbonyl (C=O) groups is 2. The lowest BCUT2D eigenvalue weighted by Gasteiger charge is -2.42. The zero-order valence-electron chi connectivity index (χ0n) is 39.9. The number of allylic oxidation sites excluding steroid dienone is 10. The highest BCUT2D eigenvalue weighted by atomic mass is 16.7. The van der Waals surface area contributed by atoms with E-state index in [9.17, 15) is 45.3 Å². The normalized spacial score (nSPS) is 26.7. The van der Waals surface area contributed by atoms with E-state index in [1.165, 1.54) is 25.7 Å². The number of aliphatic hydroxyl groups excluding tert-OH is 7. The highest BCUT2D eigenvalue weighted by Crippen LogP contribution is 2.26. The molecule has 0 aromatic heterocycles. The van der Waals surface area contributed by atoms with Gasteiger partial charge in [-0.15, -0.1) is 0 Å². The molecule has 2 rings (SSSR count). The van der Waals surface area contributed by atoms with E-state index in [4.69, 9.17) is 28.4 Å². The van der Waals surface area contributed by atoms with Crippen LogP contribution in [0.4, 0.5) is 0 Å². The van der Waals surface area contributed by atoms with Crippen molar-refractivity contribution in [3.8, 4) is 0 Å². The Morgan fingerprint density at radius 1 is 0.515 bits per heavy atom. The SMILES string of the molecule is CC/C=C/C/C=C/C/C=C/CCCCCCCC(=O)OC[C@H](CO[C@@H]1O[C@H](CO[C@@H]2O[C@H](CO)[C@H](O)C(O)C2O)[C@H](O)C(O)C1O)OC(=O)CCCCCCC/C=C/C=C/CCCCCC. The van der Waals surface area contributed by atoms with E-state index in [2.05, 4.69) is 74.6 Å². The summed E-state index contributed by atoms with van der Waals surface area (Å²) in [6.45, 7) is 2.40. The molecule has 4 unspecified atom stereocenters. The van der Waals surface area contributed by atoms with E-state index < -0.39 is 99.3 Å². The van der Waals surface area contributed by atoms with Crippen LogP contribution in [0.1, 0.15) is 155 Å². The number of ether oxygens (including phenoxy) is 6. The lowest BCUT2D eigenvalue weighted by atomic mass is 9.98. The van der Waals surface area contributed by atoms with Crippen molar-refractivity contribution in [3.63, 3.8) is 0 Å². The minimum Gasteiger partial charge on any atom is -0.462 e. The first-order chi connectivity index (χ1) is 32.0. The van der Waals surface area contributed by atoms with Crippen LogP contribution >= 0.6 is 0 Å². The summed E-state index contributed by atoms with van der Waals surface area (Å²) in [5.74, 6) is -0.968. The summed E-state index contributed by atoms with van der Waals surface area (Å²) < 4.78 is 33.5. The number of rotatable bonds is 37. The number of carbonyl (C=O) groups excluding carboxylic acids is 2. The fraction of sp³-hybridized carbons (Fsp3) is 0.765. The van der Waals surface area contributed by atoms with Crippen LogP contribution in [0.25, 0.3) is 0 Å². The molecule has 2 aliphatic rings. The molecular formula is C51H86O15. The summed E-state index contributed by atoms with van der Waals surface area (Å²) in [5, 5.41) is 72.0. The van der Waals surface area contributed by atoms with Gasteiger partial charge in [0.15, 0.2) is 18.7 Å². The molecule has 2 fully saturated rings. The highest BCUT2D eigenvalue weighted by Gasteiger charge is 2.47. The lowest BCUT2D eigenvalue weighted by molar-refractivity contribution is -0.332. The molecule has 0 aromatic rings. The Kier molecular flexibility index (Phi) is 34.2. The van der Waals surface area contributed by atoms with Crippen molar-refractivity contribution in [2.24, 2.45) is 0 Å². The van der Waals surface area contributed by atoms with Crippen LogP contribution in [-0.2, 0) is 38.0 Å². The molecule has 15 heteroatoms. The van der Waals surface area contributed by atoms with Crippen molar-refractivity contribution >= 4 is 11.9 Å². The van der Waals surface area contributed by atoms with Gasteiger partial charge >= 0.3 is 11.9 Å². The quantitative estimate of drug-likeness (QED) is 0.0153. The second-order valence-electron chi connectivity index (χ2n) is 17.3. The van der Waals surface area contributed by atoms with Crippen molar-refractivity contribution in [3.05, 3.63) is 60.8 Å². The summed E-state index contributed by atoms with van der Waals surface area (Å²) in [6.07, 6.45) is 25.3. The molecular weight excluding hydrogens is 853 g/mol. The van der Waals surface area contributed by atoms with Crippen LogP contribution in [0.15, 0.2) is 60.8 Å². The zero-order valence-corrected chi connectivity index (χ0v) is 39.9. The summed E-state index contributed by atoms with van der Waals surface area (Å²) >= 11 is 0. The largest absolute Gasteiger partial charge is 0.462 e. The molecule has 66 heavy (non-hydrogen) atoms. The van der Waals surface area contributed by atoms with Gasteiger partial charge in [0, 0.05) is 12.8 Å². The first kappa shape index (κ1) is 59.3.